The van der Waals surface area contributed by atoms with Crippen LogP contribution in [0.25, 0.3) is 44.8 Å². The topological polar surface area (TPSA) is 138 Å². The van der Waals surface area contributed by atoms with Gasteiger partial charge >= 0.3 is 0 Å². The number of amides is 1. The summed E-state index contributed by atoms with van der Waals surface area (Å²) in [7, 11) is 0. The molecule has 10 heteroatoms. The van der Waals surface area contributed by atoms with Gasteiger partial charge in [-0.25, -0.2) is 9.97 Å². The molecule has 7 rings (SSSR count). The summed E-state index contributed by atoms with van der Waals surface area (Å²) in [5.74, 6) is 0.152. The lowest BCUT2D eigenvalue weighted by Gasteiger charge is -2.12. The highest BCUT2D eigenvalue weighted by molar-refractivity contribution is 6.36. The molecule has 236 valence electrons. The van der Waals surface area contributed by atoms with E-state index >= 15 is 0 Å². The number of benzene rings is 5. The van der Waals surface area contributed by atoms with Crippen LogP contribution in [0.15, 0.2) is 121 Å². The lowest BCUT2D eigenvalue weighted by atomic mass is 9.98. The molecule has 2 heterocycles. The molecule has 8 nitrogen and oxygen atoms in total. The lowest BCUT2D eigenvalue weighted by Crippen LogP contribution is -2.13. The molecule has 4 N–H and O–H groups in total. The largest absolute Gasteiger partial charge is 0.383 e. The Hall–Kier alpha value is -6.27. The van der Waals surface area contributed by atoms with Crippen LogP contribution in [0.5, 0.6) is 0 Å². The van der Waals surface area contributed by atoms with Crippen LogP contribution < -0.4 is 11.1 Å². The molecule has 0 atom stereocenters. The second-order valence-electron chi connectivity index (χ2n) is 11.1. The van der Waals surface area contributed by atoms with E-state index in [1.807, 2.05) is 30.3 Å². The number of nitrogen functional groups attached to an aromatic ring is 1. The molecule has 2 aromatic heterocycles. The van der Waals surface area contributed by atoms with Gasteiger partial charge in [-0.05, 0) is 54.6 Å². The molecule has 0 radical (unpaired) electrons. The van der Waals surface area contributed by atoms with Gasteiger partial charge in [0.05, 0.1) is 22.3 Å². The van der Waals surface area contributed by atoms with Crippen LogP contribution in [0.2, 0.25) is 10.0 Å². The van der Waals surface area contributed by atoms with Crippen molar-refractivity contribution < 1.29 is 9.59 Å². The molecule has 0 saturated carbocycles. The van der Waals surface area contributed by atoms with Gasteiger partial charge in [-0.3, -0.25) is 9.59 Å². The number of fused-ring (bicyclic) bond motifs is 1. The number of nitrogens with zero attached hydrogens (tertiary/aromatic N) is 3. The van der Waals surface area contributed by atoms with Crippen molar-refractivity contribution in [1.82, 2.24) is 15.0 Å². The second kappa shape index (κ2) is 13.1. The van der Waals surface area contributed by atoms with Crippen LogP contribution in [-0.4, -0.2) is 26.6 Å². The average Bonchev–Trinajstić information content (AvgIpc) is 3.55. The molecule has 1 amide bonds. The fourth-order valence-electron chi connectivity index (χ4n) is 5.60. The minimum absolute atomic E-state index is 0.0691. The van der Waals surface area contributed by atoms with E-state index in [0.29, 0.717) is 77.2 Å². The fraction of sp³-hybridized carbons (Fsp3) is 0. The third-order valence-corrected chi connectivity index (χ3v) is 8.57. The van der Waals surface area contributed by atoms with Crippen molar-refractivity contribution in [3.8, 4) is 39.8 Å². The molecule has 0 aliphatic heterocycles. The first kappa shape index (κ1) is 31.3. The molecule has 0 spiro atoms. The Morgan fingerprint density at radius 2 is 1.51 bits per heavy atom. The van der Waals surface area contributed by atoms with Crippen molar-refractivity contribution in [3.63, 3.8) is 0 Å². The molecule has 0 saturated heterocycles. The highest BCUT2D eigenvalue weighted by Gasteiger charge is 2.19. The summed E-state index contributed by atoms with van der Waals surface area (Å²) in [4.78, 5) is 39.0. The van der Waals surface area contributed by atoms with E-state index in [4.69, 9.17) is 33.9 Å². The summed E-state index contributed by atoms with van der Waals surface area (Å²) < 4.78 is 0. The Kier molecular flexibility index (Phi) is 8.37. The monoisotopic (exact) mass is 678 g/mol. The number of hydrogen-bond donors (Lipinski definition) is 3. The van der Waals surface area contributed by atoms with Gasteiger partial charge in [-0.2, -0.15) is 5.26 Å². The zero-order chi connectivity index (χ0) is 34.1. The van der Waals surface area contributed by atoms with E-state index in [9.17, 15) is 14.9 Å². The number of rotatable bonds is 7. The van der Waals surface area contributed by atoms with Gasteiger partial charge in [0, 0.05) is 49.1 Å². The molecule has 0 bridgehead atoms. The van der Waals surface area contributed by atoms with Crippen molar-refractivity contribution in [2.75, 3.05) is 11.1 Å². The fourth-order valence-corrected chi connectivity index (χ4v) is 6.11. The van der Waals surface area contributed by atoms with Gasteiger partial charge in [-0.1, -0.05) is 89.9 Å². The van der Waals surface area contributed by atoms with Crippen LogP contribution >= 0.6 is 23.2 Å². The number of aromatic nitrogens is 3. The average molecular weight is 680 g/mol. The van der Waals surface area contributed by atoms with E-state index in [2.05, 4.69) is 21.4 Å². The number of ketones is 1. The summed E-state index contributed by atoms with van der Waals surface area (Å²) in [6, 6.07) is 37.6. The van der Waals surface area contributed by atoms with Crippen LogP contribution in [0.3, 0.4) is 0 Å². The number of nitrogens with one attached hydrogen (secondary N) is 2. The minimum atomic E-state index is -0.329. The van der Waals surface area contributed by atoms with Gasteiger partial charge in [0.25, 0.3) is 5.91 Å². The van der Waals surface area contributed by atoms with E-state index in [0.717, 1.165) is 0 Å². The number of aromatic amines is 1. The zero-order valence-corrected chi connectivity index (χ0v) is 27.1. The van der Waals surface area contributed by atoms with E-state index in [-0.39, 0.29) is 23.1 Å². The molecule has 0 aliphatic carbocycles. The number of carbonyl (C=O) groups is 2. The first-order valence-corrected chi connectivity index (χ1v) is 15.8. The number of H-pyrrole nitrogens is 1. The van der Waals surface area contributed by atoms with Gasteiger partial charge in [0.2, 0.25) is 0 Å². The molecule has 49 heavy (non-hydrogen) atoms. The number of carbonyl (C=O) groups excluding carboxylic acids is 2. The quantitative estimate of drug-likeness (QED) is 0.144. The standard InChI is InChI=1S/C39H24Cl2N6O2/c40-25-13-16-27(32(41)19-25)30-20-34(45-37(43)31(30)21-42)22-10-14-26(15-11-22)44-39(49)29-9-5-4-8-28(29)38-46-33-17-12-24(18-35(33)47-38)36(48)23-6-2-1-3-7-23/h1-20H,(H2,43,45)(H,44,49)(H,46,47). The number of pyridine rings is 1. The highest BCUT2D eigenvalue weighted by atomic mass is 35.5. The number of nitriles is 1. The molecule has 0 fully saturated rings. The summed E-state index contributed by atoms with van der Waals surface area (Å²) in [6.45, 7) is 0. The predicted molar refractivity (Wildman–Crippen MR) is 194 cm³/mol. The third kappa shape index (κ3) is 6.24. The molecule has 5 aromatic carbocycles. The number of imidazole rings is 1. The smallest absolute Gasteiger partial charge is 0.256 e. The Morgan fingerprint density at radius 3 is 2.27 bits per heavy atom. The Morgan fingerprint density at radius 1 is 0.755 bits per heavy atom. The minimum Gasteiger partial charge on any atom is -0.383 e. The number of halogens is 2. The third-order valence-electron chi connectivity index (χ3n) is 8.03. The predicted octanol–water partition coefficient (Wildman–Crippen LogP) is 9.20. The van der Waals surface area contributed by atoms with Crippen molar-refractivity contribution in [2.45, 2.75) is 0 Å². The van der Waals surface area contributed by atoms with Gasteiger partial charge in [-0.15, -0.1) is 0 Å². The van der Waals surface area contributed by atoms with Crippen molar-refractivity contribution in [3.05, 3.63) is 154 Å². The highest BCUT2D eigenvalue weighted by Crippen LogP contribution is 2.36. The van der Waals surface area contributed by atoms with Crippen LogP contribution in [-0.2, 0) is 0 Å². The van der Waals surface area contributed by atoms with E-state index < -0.39 is 0 Å². The summed E-state index contributed by atoms with van der Waals surface area (Å²) in [5.41, 5.74) is 12.8. The maximum atomic E-state index is 13.6. The molecule has 0 aliphatic rings. The van der Waals surface area contributed by atoms with Gasteiger partial charge in [0.15, 0.2) is 5.78 Å². The zero-order valence-electron chi connectivity index (χ0n) is 25.5. The van der Waals surface area contributed by atoms with Gasteiger partial charge < -0.3 is 16.0 Å². The molecular formula is C39H24Cl2N6O2. The Balaban J connectivity index is 1.14. The lowest BCUT2D eigenvalue weighted by molar-refractivity contribution is 0.102. The number of nitrogens with two attached hydrogens (primary N) is 1. The van der Waals surface area contributed by atoms with Crippen molar-refractivity contribution in [2.24, 2.45) is 0 Å². The van der Waals surface area contributed by atoms with Crippen molar-refractivity contribution in [1.29, 1.82) is 5.26 Å². The van der Waals surface area contributed by atoms with E-state index in [1.165, 1.54) is 0 Å². The molecule has 0 unspecified atom stereocenters. The Bertz CT molecular complexity index is 2450. The van der Waals surface area contributed by atoms with E-state index in [1.54, 1.807) is 91.0 Å². The normalized spacial score (nSPS) is 10.9. The van der Waals surface area contributed by atoms with Crippen LogP contribution in [0.4, 0.5) is 11.5 Å². The Labute approximate surface area is 290 Å². The summed E-state index contributed by atoms with van der Waals surface area (Å²) >= 11 is 12.5. The maximum absolute atomic E-state index is 13.6. The SMILES string of the molecule is N#Cc1c(-c2ccc(Cl)cc2Cl)cc(-c2ccc(NC(=O)c3ccccc3-c3nc4ccc(C(=O)c5ccccc5)cc4[nH]3)cc2)nc1N. The first-order valence-electron chi connectivity index (χ1n) is 15.1. The summed E-state index contributed by atoms with van der Waals surface area (Å²) in [5, 5.41) is 13.6. The second-order valence-corrected chi connectivity index (χ2v) is 12.0. The first-order chi connectivity index (χ1) is 23.8. The van der Waals surface area contributed by atoms with Crippen LogP contribution in [0, 0.1) is 11.3 Å². The number of hydrogen-bond acceptors (Lipinski definition) is 6. The van der Waals surface area contributed by atoms with Gasteiger partial charge in [0.1, 0.15) is 23.3 Å². The van der Waals surface area contributed by atoms with Crippen LogP contribution in [0.1, 0.15) is 31.8 Å². The van der Waals surface area contributed by atoms with Crippen molar-refractivity contribution >= 4 is 57.4 Å². The maximum Gasteiger partial charge on any atom is 0.256 e. The number of anilines is 2. The molecule has 7 aromatic rings. The summed E-state index contributed by atoms with van der Waals surface area (Å²) in [6.07, 6.45) is 0. The molecular weight excluding hydrogens is 655 g/mol.